The molecule has 0 unspecified atom stereocenters. The Labute approximate surface area is 177 Å². The van der Waals surface area contributed by atoms with Crippen molar-refractivity contribution in [1.82, 2.24) is 14.8 Å². The molecule has 0 saturated heterocycles. The number of fused-ring (bicyclic) bond motifs is 1. The number of pyridine rings is 1. The molecule has 0 spiro atoms. The number of phenols is 1. The van der Waals surface area contributed by atoms with E-state index in [4.69, 9.17) is 9.84 Å². The zero-order valence-electron chi connectivity index (χ0n) is 18.9. The quantitative estimate of drug-likeness (QED) is 0.616. The standard InChI is InChI=1S/C24H31N3O3/c1-15(28)30-12-11-27-22-17(9-8-10-25-22)20(26-27)16-13-18(23(2,3)4)21(29)19(14-16)24(5,6)7/h8-10,13-14,29H,11-12H2,1-7H3. The van der Waals surface area contributed by atoms with E-state index in [-0.39, 0.29) is 23.4 Å². The van der Waals surface area contributed by atoms with E-state index in [1.54, 1.807) is 10.9 Å². The van der Waals surface area contributed by atoms with E-state index >= 15 is 0 Å². The van der Waals surface area contributed by atoms with Crippen molar-refractivity contribution in [3.05, 3.63) is 41.6 Å². The monoisotopic (exact) mass is 409 g/mol. The summed E-state index contributed by atoms with van der Waals surface area (Å²) in [5.41, 5.74) is 3.79. The van der Waals surface area contributed by atoms with Crippen molar-refractivity contribution >= 4 is 17.0 Å². The van der Waals surface area contributed by atoms with Gasteiger partial charge in [-0.3, -0.25) is 4.79 Å². The van der Waals surface area contributed by atoms with Gasteiger partial charge in [-0.05, 0) is 35.1 Å². The van der Waals surface area contributed by atoms with Crippen molar-refractivity contribution in [3.63, 3.8) is 0 Å². The fourth-order valence-corrected chi connectivity index (χ4v) is 3.57. The van der Waals surface area contributed by atoms with Crippen LogP contribution in [0.15, 0.2) is 30.5 Å². The number of aromatic nitrogens is 3. The second kappa shape index (κ2) is 7.74. The van der Waals surface area contributed by atoms with Gasteiger partial charge in [-0.1, -0.05) is 41.5 Å². The van der Waals surface area contributed by atoms with Crippen LogP contribution >= 0.6 is 0 Å². The van der Waals surface area contributed by atoms with Crippen LogP contribution in [0.4, 0.5) is 0 Å². The first-order valence-electron chi connectivity index (χ1n) is 10.2. The highest BCUT2D eigenvalue weighted by Crippen LogP contribution is 2.42. The van der Waals surface area contributed by atoms with Gasteiger partial charge in [0.1, 0.15) is 18.1 Å². The zero-order chi connectivity index (χ0) is 22.3. The Kier molecular flexibility index (Phi) is 5.63. The third-order valence-corrected chi connectivity index (χ3v) is 5.11. The van der Waals surface area contributed by atoms with Gasteiger partial charge in [0.25, 0.3) is 0 Å². The summed E-state index contributed by atoms with van der Waals surface area (Å²) >= 11 is 0. The highest BCUT2D eigenvalue weighted by atomic mass is 16.5. The molecule has 0 radical (unpaired) electrons. The molecule has 1 aromatic carbocycles. The maximum atomic E-state index is 11.1. The topological polar surface area (TPSA) is 77.2 Å². The van der Waals surface area contributed by atoms with Gasteiger partial charge in [0.05, 0.1) is 6.54 Å². The number of nitrogens with zero attached hydrogens (tertiary/aromatic N) is 3. The molecule has 6 nitrogen and oxygen atoms in total. The van der Waals surface area contributed by atoms with E-state index in [9.17, 15) is 9.90 Å². The van der Waals surface area contributed by atoms with Gasteiger partial charge in [-0.25, -0.2) is 9.67 Å². The molecule has 3 rings (SSSR count). The number of hydrogen-bond donors (Lipinski definition) is 1. The number of phenolic OH excluding ortho intramolecular Hbond substituents is 1. The summed E-state index contributed by atoms with van der Waals surface area (Å²) < 4.78 is 6.86. The van der Waals surface area contributed by atoms with E-state index in [2.05, 4.69) is 46.5 Å². The van der Waals surface area contributed by atoms with Crippen LogP contribution in [-0.4, -0.2) is 32.4 Å². The molecule has 0 aliphatic heterocycles. The van der Waals surface area contributed by atoms with E-state index in [1.165, 1.54) is 6.92 Å². The normalized spacial score (nSPS) is 12.4. The lowest BCUT2D eigenvalue weighted by molar-refractivity contribution is -0.141. The van der Waals surface area contributed by atoms with Gasteiger partial charge >= 0.3 is 5.97 Å². The molecule has 0 aliphatic rings. The van der Waals surface area contributed by atoms with Crippen molar-refractivity contribution in [3.8, 4) is 17.0 Å². The minimum atomic E-state index is -0.317. The Hall–Kier alpha value is -2.89. The predicted octanol–water partition coefficient (Wildman–Crippen LogP) is 4.96. The first-order valence-corrected chi connectivity index (χ1v) is 10.2. The molecular formula is C24H31N3O3. The summed E-state index contributed by atoms with van der Waals surface area (Å²) in [4.78, 5) is 15.6. The number of ether oxygens (including phenoxy) is 1. The summed E-state index contributed by atoms with van der Waals surface area (Å²) in [6.07, 6.45) is 1.73. The van der Waals surface area contributed by atoms with Crippen molar-refractivity contribution in [2.24, 2.45) is 0 Å². The lowest BCUT2D eigenvalue weighted by atomic mass is 9.78. The summed E-state index contributed by atoms with van der Waals surface area (Å²) in [5, 5.41) is 16.8. The number of carbonyl (C=O) groups excluding carboxylic acids is 1. The van der Waals surface area contributed by atoms with Crippen molar-refractivity contribution in [2.45, 2.75) is 65.8 Å². The van der Waals surface area contributed by atoms with Crippen LogP contribution < -0.4 is 0 Å². The van der Waals surface area contributed by atoms with Gasteiger partial charge in [-0.2, -0.15) is 5.10 Å². The van der Waals surface area contributed by atoms with E-state index in [1.807, 2.05) is 24.3 Å². The molecule has 0 fully saturated rings. The van der Waals surface area contributed by atoms with Crippen LogP contribution in [0.3, 0.4) is 0 Å². The van der Waals surface area contributed by atoms with Crippen molar-refractivity contribution < 1.29 is 14.6 Å². The summed E-state index contributed by atoms with van der Waals surface area (Å²) in [6.45, 7) is 14.6. The molecule has 0 amide bonds. The molecule has 1 N–H and O–H groups in total. The number of benzene rings is 1. The van der Waals surface area contributed by atoms with Crippen molar-refractivity contribution in [2.75, 3.05) is 6.61 Å². The zero-order valence-corrected chi connectivity index (χ0v) is 18.9. The molecule has 2 heterocycles. The molecule has 0 saturated carbocycles. The smallest absolute Gasteiger partial charge is 0.302 e. The van der Waals surface area contributed by atoms with Gasteiger partial charge in [0, 0.05) is 35.2 Å². The maximum absolute atomic E-state index is 11.1. The molecule has 3 aromatic rings. The Balaban J connectivity index is 2.21. The fraction of sp³-hybridized carbons (Fsp3) is 0.458. The average Bonchev–Trinajstić information content (AvgIpc) is 2.99. The Morgan fingerprint density at radius 1 is 1.10 bits per heavy atom. The van der Waals surface area contributed by atoms with Crippen LogP contribution in [0.2, 0.25) is 0 Å². The van der Waals surface area contributed by atoms with Crippen LogP contribution in [0, 0.1) is 0 Å². The molecule has 0 atom stereocenters. The Morgan fingerprint density at radius 2 is 1.70 bits per heavy atom. The predicted molar refractivity (Wildman–Crippen MR) is 119 cm³/mol. The van der Waals surface area contributed by atoms with Gasteiger partial charge < -0.3 is 9.84 Å². The second-order valence-corrected chi connectivity index (χ2v) is 9.71. The van der Waals surface area contributed by atoms with Crippen LogP contribution in [0.25, 0.3) is 22.3 Å². The molecule has 160 valence electrons. The van der Waals surface area contributed by atoms with Crippen LogP contribution in [0.1, 0.15) is 59.6 Å². The summed E-state index contributed by atoms with van der Waals surface area (Å²) in [6, 6.07) is 7.93. The third kappa shape index (κ3) is 4.32. The second-order valence-electron chi connectivity index (χ2n) is 9.71. The Bertz CT molecular complexity index is 1050. The third-order valence-electron chi connectivity index (χ3n) is 5.11. The lowest BCUT2D eigenvalue weighted by Crippen LogP contribution is -2.17. The van der Waals surface area contributed by atoms with Crippen LogP contribution in [-0.2, 0) is 26.9 Å². The first kappa shape index (κ1) is 21.8. The number of aromatic hydroxyl groups is 1. The average molecular weight is 410 g/mol. The van der Waals surface area contributed by atoms with E-state index in [0.29, 0.717) is 12.3 Å². The minimum Gasteiger partial charge on any atom is -0.507 e. The number of hydrogen-bond acceptors (Lipinski definition) is 5. The molecular weight excluding hydrogens is 378 g/mol. The maximum Gasteiger partial charge on any atom is 0.302 e. The lowest BCUT2D eigenvalue weighted by Gasteiger charge is -2.28. The summed E-state index contributed by atoms with van der Waals surface area (Å²) in [5.74, 6) is 0.0262. The summed E-state index contributed by atoms with van der Waals surface area (Å²) in [7, 11) is 0. The number of esters is 1. The van der Waals surface area contributed by atoms with E-state index in [0.717, 1.165) is 33.4 Å². The number of rotatable bonds is 4. The molecule has 0 bridgehead atoms. The largest absolute Gasteiger partial charge is 0.507 e. The molecule has 30 heavy (non-hydrogen) atoms. The molecule has 6 heteroatoms. The van der Waals surface area contributed by atoms with Crippen molar-refractivity contribution in [1.29, 1.82) is 0 Å². The molecule has 2 aromatic heterocycles. The highest BCUT2D eigenvalue weighted by Gasteiger charge is 2.28. The van der Waals surface area contributed by atoms with Gasteiger partial charge in [0.15, 0.2) is 5.65 Å². The van der Waals surface area contributed by atoms with E-state index < -0.39 is 0 Å². The Morgan fingerprint density at radius 3 is 2.23 bits per heavy atom. The number of carbonyl (C=O) groups is 1. The first-order chi connectivity index (χ1) is 13.9. The van der Waals surface area contributed by atoms with Gasteiger partial charge in [-0.15, -0.1) is 0 Å². The van der Waals surface area contributed by atoms with Gasteiger partial charge in [0.2, 0.25) is 0 Å². The minimum absolute atomic E-state index is 0.230. The fourth-order valence-electron chi connectivity index (χ4n) is 3.57. The molecule has 0 aliphatic carbocycles. The van der Waals surface area contributed by atoms with Crippen LogP contribution in [0.5, 0.6) is 5.75 Å². The SMILES string of the molecule is CC(=O)OCCn1nc(-c2cc(C(C)(C)C)c(O)c(C(C)(C)C)c2)c2cccnc21. The highest BCUT2D eigenvalue weighted by molar-refractivity contribution is 5.91.